The molecule has 0 saturated carbocycles. The highest BCUT2D eigenvalue weighted by molar-refractivity contribution is 7.85. The largest absolute Gasteiger partial charge is 0.315 e. The second-order valence-corrected chi connectivity index (χ2v) is 5.53. The zero-order valence-electron chi connectivity index (χ0n) is 10.1. The third kappa shape index (κ3) is 4.84. The number of hydrogen-bond donors (Lipinski definition) is 2. The molecule has 18 heavy (non-hydrogen) atoms. The first-order valence-electron chi connectivity index (χ1n) is 5.58. The molecule has 0 unspecified atom stereocenters. The quantitative estimate of drug-likeness (QED) is 0.750. The average Bonchev–Trinajstić information content (AvgIpc) is 2.82. The fourth-order valence-corrected chi connectivity index (χ4v) is 1.96. The molecule has 0 radical (unpaired) electrons. The summed E-state index contributed by atoms with van der Waals surface area (Å²) in [7, 11) is -4.02. The zero-order chi connectivity index (χ0) is 13.6. The van der Waals surface area contributed by atoms with Gasteiger partial charge in [-0.25, -0.2) is 0 Å². The predicted molar refractivity (Wildman–Crippen MR) is 67.6 cm³/mol. The number of nitrogens with zero attached hydrogens (tertiary/aromatic N) is 1. The van der Waals surface area contributed by atoms with Crippen molar-refractivity contribution in [3.63, 3.8) is 0 Å². The van der Waals surface area contributed by atoms with Crippen LogP contribution in [0.15, 0.2) is 29.2 Å². The first-order valence-corrected chi connectivity index (χ1v) is 7.02. The van der Waals surface area contributed by atoms with Crippen molar-refractivity contribution in [3.05, 3.63) is 29.8 Å². The molecule has 1 aromatic rings. The van der Waals surface area contributed by atoms with Gasteiger partial charge in [0.1, 0.15) is 0 Å². The Balaban J connectivity index is 0.000000199. The molecule has 1 aromatic carbocycles. The van der Waals surface area contributed by atoms with Gasteiger partial charge >= 0.3 is 0 Å². The molecule has 1 atom stereocenters. The van der Waals surface area contributed by atoms with E-state index in [-0.39, 0.29) is 4.90 Å². The van der Waals surface area contributed by atoms with Gasteiger partial charge in [0.25, 0.3) is 10.1 Å². The Hall–Kier alpha value is -1.42. The van der Waals surface area contributed by atoms with Crippen LogP contribution in [-0.2, 0) is 10.1 Å². The minimum absolute atomic E-state index is 0.0666. The van der Waals surface area contributed by atoms with Crippen molar-refractivity contribution in [2.75, 3.05) is 13.1 Å². The normalized spacial score (nSPS) is 18.6. The van der Waals surface area contributed by atoms with Crippen LogP contribution in [-0.4, -0.2) is 26.1 Å². The zero-order valence-corrected chi connectivity index (χ0v) is 10.9. The first-order chi connectivity index (χ1) is 8.43. The number of nitriles is 1. The maximum atomic E-state index is 10.5. The summed E-state index contributed by atoms with van der Waals surface area (Å²) in [6.45, 7) is 3.77. The predicted octanol–water partition coefficient (Wildman–Crippen LogP) is 1.36. The standard InChI is InChI=1S/C7H8O3S.C5H8N2/c1-6-2-4-7(5-3-6)11(8,9)10;6-3-5-1-2-7-4-5/h2-5H,1H3,(H,8,9,10);5,7H,1-2,4H2/t;5-/m.1/s1. The molecule has 98 valence electrons. The van der Waals surface area contributed by atoms with Crippen molar-refractivity contribution in [1.82, 2.24) is 5.32 Å². The van der Waals surface area contributed by atoms with E-state index in [1.165, 1.54) is 12.1 Å². The van der Waals surface area contributed by atoms with Gasteiger partial charge in [-0.05, 0) is 32.0 Å². The summed E-state index contributed by atoms with van der Waals surface area (Å²) in [6.07, 6.45) is 1.04. The van der Waals surface area contributed by atoms with Crippen LogP contribution >= 0.6 is 0 Å². The summed E-state index contributed by atoms with van der Waals surface area (Å²) in [5.74, 6) is 0.292. The van der Waals surface area contributed by atoms with E-state index in [2.05, 4.69) is 11.4 Å². The molecule has 5 nitrogen and oxygen atoms in total. The maximum Gasteiger partial charge on any atom is 0.294 e. The molecule has 1 heterocycles. The monoisotopic (exact) mass is 268 g/mol. The molecule has 1 saturated heterocycles. The van der Waals surface area contributed by atoms with Crippen LogP contribution in [0.3, 0.4) is 0 Å². The summed E-state index contributed by atoms with van der Waals surface area (Å²) >= 11 is 0. The molecule has 1 aliphatic rings. The molecule has 6 heteroatoms. The van der Waals surface area contributed by atoms with Crippen molar-refractivity contribution < 1.29 is 13.0 Å². The van der Waals surface area contributed by atoms with Gasteiger partial charge in [-0.3, -0.25) is 4.55 Å². The Bertz CT molecular complexity index is 511. The Morgan fingerprint density at radius 1 is 1.39 bits per heavy atom. The van der Waals surface area contributed by atoms with E-state index in [1.807, 2.05) is 6.92 Å². The van der Waals surface area contributed by atoms with Gasteiger partial charge in [0, 0.05) is 6.54 Å². The molecule has 0 spiro atoms. The fourth-order valence-electron chi connectivity index (χ4n) is 1.48. The minimum atomic E-state index is -4.02. The Labute approximate surface area is 107 Å². The van der Waals surface area contributed by atoms with Crippen LogP contribution in [0.2, 0.25) is 0 Å². The van der Waals surface area contributed by atoms with Gasteiger partial charge in [0.2, 0.25) is 0 Å². The van der Waals surface area contributed by atoms with E-state index in [0.717, 1.165) is 25.1 Å². The lowest BCUT2D eigenvalue weighted by Gasteiger charge is -1.95. The van der Waals surface area contributed by atoms with E-state index in [4.69, 9.17) is 9.81 Å². The summed E-state index contributed by atoms with van der Waals surface area (Å²) in [5, 5.41) is 11.4. The number of hydrogen-bond acceptors (Lipinski definition) is 4. The molecule has 1 aliphatic heterocycles. The SMILES string of the molecule is Cc1ccc(S(=O)(=O)O)cc1.N#C[C@H]1CCNC1. The van der Waals surface area contributed by atoms with Crippen LogP contribution in [0.5, 0.6) is 0 Å². The van der Waals surface area contributed by atoms with E-state index >= 15 is 0 Å². The van der Waals surface area contributed by atoms with Gasteiger partial charge in [-0.2, -0.15) is 13.7 Å². The van der Waals surface area contributed by atoms with Crippen molar-refractivity contribution in [2.45, 2.75) is 18.2 Å². The van der Waals surface area contributed by atoms with Gasteiger partial charge in [0.15, 0.2) is 0 Å². The highest BCUT2D eigenvalue weighted by Gasteiger charge is 2.11. The summed E-state index contributed by atoms with van der Waals surface area (Å²) in [4.78, 5) is -0.0666. The van der Waals surface area contributed by atoms with Gasteiger partial charge < -0.3 is 5.32 Å². The van der Waals surface area contributed by atoms with E-state index in [1.54, 1.807) is 12.1 Å². The third-order valence-electron chi connectivity index (χ3n) is 2.56. The number of aryl methyl sites for hydroxylation is 1. The van der Waals surface area contributed by atoms with Crippen molar-refractivity contribution in [2.24, 2.45) is 5.92 Å². The van der Waals surface area contributed by atoms with Crippen LogP contribution in [0.1, 0.15) is 12.0 Å². The number of rotatable bonds is 1. The molecule has 2 N–H and O–H groups in total. The molecular formula is C12H16N2O3S. The maximum absolute atomic E-state index is 10.5. The van der Waals surface area contributed by atoms with Crippen LogP contribution in [0, 0.1) is 24.2 Å². The van der Waals surface area contributed by atoms with Crippen LogP contribution < -0.4 is 5.32 Å². The lowest BCUT2D eigenvalue weighted by atomic mass is 10.2. The lowest BCUT2D eigenvalue weighted by Crippen LogP contribution is -2.07. The topological polar surface area (TPSA) is 90.2 Å². The van der Waals surface area contributed by atoms with E-state index < -0.39 is 10.1 Å². The number of benzene rings is 1. The van der Waals surface area contributed by atoms with Crippen molar-refractivity contribution >= 4 is 10.1 Å². The Morgan fingerprint density at radius 2 is 2.00 bits per heavy atom. The number of nitrogens with one attached hydrogen (secondary N) is 1. The van der Waals surface area contributed by atoms with E-state index in [0.29, 0.717) is 5.92 Å². The second kappa shape index (κ2) is 6.50. The first kappa shape index (κ1) is 14.6. The van der Waals surface area contributed by atoms with Gasteiger partial charge in [0.05, 0.1) is 16.9 Å². The average molecular weight is 268 g/mol. The molecule has 2 rings (SSSR count). The van der Waals surface area contributed by atoms with Gasteiger partial charge in [-0.15, -0.1) is 0 Å². The second-order valence-electron chi connectivity index (χ2n) is 4.11. The fraction of sp³-hybridized carbons (Fsp3) is 0.417. The van der Waals surface area contributed by atoms with Gasteiger partial charge in [-0.1, -0.05) is 17.7 Å². The molecule has 0 bridgehead atoms. The summed E-state index contributed by atoms with van der Waals surface area (Å²) in [5.41, 5.74) is 0.956. The minimum Gasteiger partial charge on any atom is -0.315 e. The molecule has 0 amide bonds. The molecule has 1 fully saturated rings. The highest BCUT2D eigenvalue weighted by Crippen LogP contribution is 2.08. The van der Waals surface area contributed by atoms with E-state index in [9.17, 15) is 8.42 Å². The Morgan fingerprint density at radius 3 is 2.33 bits per heavy atom. The molecular weight excluding hydrogens is 252 g/mol. The smallest absolute Gasteiger partial charge is 0.294 e. The highest BCUT2D eigenvalue weighted by atomic mass is 32.2. The lowest BCUT2D eigenvalue weighted by molar-refractivity contribution is 0.483. The summed E-state index contributed by atoms with van der Waals surface area (Å²) < 4.78 is 29.6. The molecule has 0 aromatic heterocycles. The molecule has 0 aliphatic carbocycles. The van der Waals surface area contributed by atoms with Crippen molar-refractivity contribution in [3.8, 4) is 6.07 Å². The third-order valence-corrected chi connectivity index (χ3v) is 3.43. The van der Waals surface area contributed by atoms with Crippen LogP contribution in [0.25, 0.3) is 0 Å². The Kier molecular flexibility index (Phi) is 5.28. The summed E-state index contributed by atoms with van der Waals surface area (Å²) in [6, 6.07) is 8.19. The van der Waals surface area contributed by atoms with Crippen LogP contribution in [0.4, 0.5) is 0 Å². The van der Waals surface area contributed by atoms with Crippen molar-refractivity contribution in [1.29, 1.82) is 5.26 Å².